The number of para-hydroxylation sites is 1. The maximum Gasteiger partial charge on any atom is 0.224 e. The van der Waals surface area contributed by atoms with E-state index in [0.717, 1.165) is 0 Å². The number of nitrogens with zero attached hydrogens (tertiary/aromatic N) is 1. The largest absolute Gasteiger partial charge is 0.324 e. The molecular formula is C9H10N2O2. The molecule has 0 spiro atoms. The first kappa shape index (κ1) is 9.38. The van der Waals surface area contributed by atoms with Gasteiger partial charge in [0, 0.05) is 6.42 Å². The second kappa shape index (κ2) is 4.35. The molecule has 0 atom stereocenters. The lowest BCUT2D eigenvalue weighted by atomic mass is 10.2. The highest BCUT2D eigenvalue weighted by atomic mass is 16.3. The molecule has 0 fully saturated rings. The van der Waals surface area contributed by atoms with E-state index in [4.69, 9.17) is 0 Å². The molecule has 0 heterocycles. The highest BCUT2D eigenvalue weighted by molar-refractivity contribution is 5.93. The second-order valence-electron chi connectivity index (χ2n) is 2.51. The molecule has 0 unspecified atom stereocenters. The SMILES string of the molecule is CCC(=O)Nc1ccccc1N=O. The van der Waals surface area contributed by atoms with Crippen LogP contribution < -0.4 is 5.32 Å². The van der Waals surface area contributed by atoms with E-state index in [1.807, 2.05) is 0 Å². The number of rotatable bonds is 3. The van der Waals surface area contributed by atoms with E-state index in [1.54, 1.807) is 31.2 Å². The predicted octanol–water partition coefficient (Wildman–Crippen LogP) is 2.43. The van der Waals surface area contributed by atoms with Crippen LogP contribution in [0.5, 0.6) is 0 Å². The van der Waals surface area contributed by atoms with Crippen molar-refractivity contribution in [1.82, 2.24) is 0 Å². The van der Waals surface area contributed by atoms with Gasteiger partial charge < -0.3 is 5.32 Å². The fourth-order valence-electron chi connectivity index (χ4n) is 0.898. The summed E-state index contributed by atoms with van der Waals surface area (Å²) < 4.78 is 0. The Morgan fingerprint density at radius 1 is 1.46 bits per heavy atom. The predicted molar refractivity (Wildman–Crippen MR) is 50.8 cm³/mol. The van der Waals surface area contributed by atoms with Crippen LogP contribution in [0.1, 0.15) is 13.3 Å². The lowest BCUT2D eigenvalue weighted by Crippen LogP contribution is -2.09. The Morgan fingerprint density at radius 2 is 2.15 bits per heavy atom. The van der Waals surface area contributed by atoms with E-state index < -0.39 is 0 Å². The van der Waals surface area contributed by atoms with Gasteiger partial charge in [-0.15, -0.1) is 4.91 Å². The van der Waals surface area contributed by atoms with Gasteiger partial charge in [0.25, 0.3) is 0 Å². The zero-order valence-electron chi connectivity index (χ0n) is 7.28. The zero-order valence-corrected chi connectivity index (χ0v) is 7.28. The van der Waals surface area contributed by atoms with Crippen LogP contribution in [-0.4, -0.2) is 5.91 Å². The number of hydrogen-bond donors (Lipinski definition) is 1. The third-order valence-corrected chi connectivity index (χ3v) is 1.60. The molecule has 0 aliphatic carbocycles. The average Bonchev–Trinajstić information content (AvgIpc) is 2.18. The van der Waals surface area contributed by atoms with Crippen LogP contribution in [0, 0.1) is 4.91 Å². The van der Waals surface area contributed by atoms with Crippen LogP contribution in [-0.2, 0) is 4.79 Å². The molecule has 13 heavy (non-hydrogen) atoms. The van der Waals surface area contributed by atoms with Gasteiger partial charge in [0.05, 0.1) is 5.69 Å². The van der Waals surface area contributed by atoms with Gasteiger partial charge in [-0.1, -0.05) is 19.1 Å². The Kier molecular flexibility index (Phi) is 3.14. The number of anilines is 1. The zero-order chi connectivity index (χ0) is 9.68. The molecule has 0 radical (unpaired) electrons. The first-order valence-corrected chi connectivity index (χ1v) is 4.00. The minimum atomic E-state index is -0.129. The third-order valence-electron chi connectivity index (χ3n) is 1.60. The van der Waals surface area contributed by atoms with Crippen LogP contribution in [0.3, 0.4) is 0 Å². The van der Waals surface area contributed by atoms with E-state index in [2.05, 4.69) is 10.5 Å². The molecule has 4 heteroatoms. The third kappa shape index (κ3) is 2.37. The summed E-state index contributed by atoms with van der Waals surface area (Å²) in [5, 5.41) is 5.37. The van der Waals surface area contributed by atoms with Crippen LogP contribution in [0.15, 0.2) is 29.4 Å². The molecule has 0 aromatic heterocycles. The summed E-state index contributed by atoms with van der Waals surface area (Å²) in [4.78, 5) is 21.3. The van der Waals surface area contributed by atoms with Crippen LogP contribution in [0.2, 0.25) is 0 Å². The molecule has 1 aromatic carbocycles. The fraction of sp³-hybridized carbons (Fsp3) is 0.222. The topological polar surface area (TPSA) is 58.5 Å². The van der Waals surface area contributed by atoms with E-state index in [0.29, 0.717) is 12.1 Å². The number of carbonyl (C=O) groups is 1. The molecule has 0 aliphatic rings. The Hall–Kier alpha value is -1.71. The second-order valence-corrected chi connectivity index (χ2v) is 2.51. The number of amides is 1. The monoisotopic (exact) mass is 178 g/mol. The van der Waals surface area contributed by atoms with Crippen molar-refractivity contribution < 1.29 is 4.79 Å². The number of nitrogens with one attached hydrogen (secondary N) is 1. The van der Waals surface area contributed by atoms with E-state index in [1.165, 1.54) is 0 Å². The van der Waals surface area contributed by atoms with Crippen molar-refractivity contribution in [3.05, 3.63) is 29.2 Å². The maximum atomic E-state index is 11.0. The average molecular weight is 178 g/mol. The molecule has 0 aliphatic heterocycles. The summed E-state index contributed by atoms with van der Waals surface area (Å²) >= 11 is 0. The van der Waals surface area contributed by atoms with E-state index >= 15 is 0 Å². The standard InChI is InChI=1S/C9H10N2O2/c1-2-9(12)10-7-5-3-4-6-8(7)11-13/h3-6H,2H2,1H3,(H,10,12). The Labute approximate surface area is 75.9 Å². The van der Waals surface area contributed by atoms with Crippen LogP contribution in [0.4, 0.5) is 11.4 Å². The van der Waals surface area contributed by atoms with E-state index in [9.17, 15) is 9.70 Å². The Morgan fingerprint density at radius 3 is 2.77 bits per heavy atom. The highest BCUT2D eigenvalue weighted by Crippen LogP contribution is 2.23. The summed E-state index contributed by atoms with van der Waals surface area (Å²) in [5.41, 5.74) is 0.716. The molecule has 0 saturated carbocycles. The molecule has 1 amide bonds. The summed E-state index contributed by atoms with van der Waals surface area (Å²) in [7, 11) is 0. The summed E-state index contributed by atoms with van der Waals surface area (Å²) in [6, 6.07) is 6.63. The van der Waals surface area contributed by atoms with Crippen LogP contribution >= 0.6 is 0 Å². The van der Waals surface area contributed by atoms with E-state index in [-0.39, 0.29) is 11.6 Å². The van der Waals surface area contributed by atoms with Crippen molar-refractivity contribution >= 4 is 17.3 Å². The van der Waals surface area contributed by atoms with Crippen molar-refractivity contribution in [2.24, 2.45) is 5.18 Å². The van der Waals surface area contributed by atoms with Gasteiger partial charge in [-0.05, 0) is 17.3 Å². The first-order valence-electron chi connectivity index (χ1n) is 4.00. The lowest BCUT2D eigenvalue weighted by Gasteiger charge is -2.03. The molecule has 1 rings (SSSR count). The van der Waals surface area contributed by atoms with Crippen molar-refractivity contribution in [1.29, 1.82) is 0 Å². The maximum absolute atomic E-state index is 11.0. The van der Waals surface area contributed by atoms with Gasteiger partial charge in [-0.3, -0.25) is 4.79 Å². The highest BCUT2D eigenvalue weighted by Gasteiger charge is 2.03. The number of hydrogen-bond acceptors (Lipinski definition) is 3. The van der Waals surface area contributed by atoms with Crippen LogP contribution in [0.25, 0.3) is 0 Å². The van der Waals surface area contributed by atoms with Gasteiger partial charge >= 0.3 is 0 Å². The summed E-state index contributed by atoms with van der Waals surface area (Å²) in [5.74, 6) is -0.129. The Bertz CT molecular complexity index is 323. The molecular weight excluding hydrogens is 168 g/mol. The first-order chi connectivity index (χ1) is 6.27. The van der Waals surface area contributed by atoms with Gasteiger partial charge in [0.2, 0.25) is 5.91 Å². The Balaban J connectivity index is 2.87. The molecule has 4 nitrogen and oxygen atoms in total. The van der Waals surface area contributed by atoms with Crippen molar-refractivity contribution in [2.45, 2.75) is 13.3 Å². The molecule has 0 bridgehead atoms. The summed E-state index contributed by atoms with van der Waals surface area (Å²) in [6.07, 6.45) is 0.382. The van der Waals surface area contributed by atoms with Gasteiger partial charge in [-0.2, -0.15) is 0 Å². The minimum Gasteiger partial charge on any atom is -0.324 e. The normalized spacial score (nSPS) is 9.31. The smallest absolute Gasteiger partial charge is 0.224 e. The quantitative estimate of drug-likeness (QED) is 0.722. The molecule has 1 N–H and O–H groups in total. The van der Waals surface area contributed by atoms with Crippen molar-refractivity contribution in [3.8, 4) is 0 Å². The fourth-order valence-corrected chi connectivity index (χ4v) is 0.898. The molecule has 1 aromatic rings. The van der Waals surface area contributed by atoms with Crippen molar-refractivity contribution in [2.75, 3.05) is 5.32 Å². The number of benzene rings is 1. The number of nitroso groups, excluding NO2 is 1. The number of carbonyl (C=O) groups excluding carboxylic acids is 1. The van der Waals surface area contributed by atoms with Gasteiger partial charge in [0.1, 0.15) is 5.69 Å². The minimum absolute atomic E-state index is 0.129. The molecule has 68 valence electrons. The van der Waals surface area contributed by atoms with Crippen molar-refractivity contribution in [3.63, 3.8) is 0 Å². The lowest BCUT2D eigenvalue weighted by molar-refractivity contribution is -0.115. The molecule has 0 saturated heterocycles. The van der Waals surface area contributed by atoms with Gasteiger partial charge in [0.15, 0.2) is 0 Å². The summed E-state index contributed by atoms with van der Waals surface area (Å²) in [6.45, 7) is 1.74. The van der Waals surface area contributed by atoms with Gasteiger partial charge in [-0.25, -0.2) is 0 Å².